The van der Waals surface area contributed by atoms with Gasteiger partial charge in [0, 0.05) is 0 Å². The number of hydrogen-bond donors (Lipinski definition) is 2. The van der Waals surface area contributed by atoms with Gasteiger partial charge in [-0.3, -0.25) is 4.79 Å². The summed E-state index contributed by atoms with van der Waals surface area (Å²) in [5.74, 6) is 0.133. The van der Waals surface area contributed by atoms with Crippen molar-refractivity contribution in [2.45, 2.75) is 18.7 Å². The van der Waals surface area contributed by atoms with Crippen LogP contribution in [0.1, 0.15) is 6.42 Å². The third-order valence-corrected chi connectivity index (χ3v) is 2.51. The monoisotopic (exact) mass is 291 g/mol. The van der Waals surface area contributed by atoms with Crippen molar-refractivity contribution in [3.05, 3.63) is 18.2 Å². The van der Waals surface area contributed by atoms with E-state index < -0.39 is 25.3 Å². The minimum Gasteiger partial charge on any atom is -0.489 e. The second-order valence-corrected chi connectivity index (χ2v) is 4.25. The number of carbonyl (C=O) groups excluding carboxylic acids is 1. The second-order valence-electron chi connectivity index (χ2n) is 4.25. The van der Waals surface area contributed by atoms with Crippen LogP contribution in [0.5, 0.6) is 11.5 Å². The zero-order chi connectivity index (χ0) is 14.8. The number of para-hydroxylation sites is 1. The summed E-state index contributed by atoms with van der Waals surface area (Å²) in [6.07, 6.45) is -7.49. The Morgan fingerprint density at radius 2 is 2.20 bits per heavy atom. The highest BCUT2D eigenvalue weighted by molar-refractivity contribution is 5.97. The maximum Gasteiger partial charge on any atom is 0.391 e. The van der Waals surface area contributed by atoms with Gasteiger partial charge in [0.15, 0.2) is 6.61 Å². The Morgan fingerprint density at radius 1 is 1.45 bits per heavy atom. The van der Waals surface area contributed by atoms with Gasteiger partial charge in [-0.2, -0.15) is 13.2 Å². The van der Waals surface area contributed by atoms with E-state index in [0.29, 0.717) is 5.75 Å². The first-order valence-electron chi connectivity index (χ1n) is 5.78. The molecule has 8 heteroatoms. The predicted octanol–water partition coefficient (Wildman–Crippen LogP) is 1.71. The average Bonchev–Trinajstić information content (AvgIpc) is 2.34. The first-order valence-corrected chi connectivity index (χ1v) is 5.78. The quantitative estimate of drug-likeness (QED) is 0.886. The highest BCUT2D eigenvalue weighted by Crippen LogP contribution is 2.36. The number of aliphatic hydroxyl groups is 1. The van der Waals surface area contributed by atoms with Crippen molar-refractivity contribution < 1.29 is 32.5 Å². The average molecular weight is 291 g/mol. The van der Waals surface area contributed by atoms with Crippen LogP contribution in [-0.4, -0.2) is 36.5 Å². The standard InChI is InChI=1S/C12H12F3NO4/c13-12(14,15)4-7(17)5-19-8-2-1-3-9-11(8)16-10(18)6-20-9/h1-3,7,17H,4-6H2,(H,16,18)/t7-/m0/s1. The summed E-state index contributed by atoms with van der Waals surface area (Å²) in [6.45, 7) is -0.668. The molecule has 1 aromatic carbocycles. The van der Waals surface area contributed by atoms with Crippen molar-refractivity contribution in [2.75, 3.05) is 18.5 Å². The Bertz CT molecular complexity index is 504. The van der Waals surface area contributed by atoms with Gasteiger partial charge in [0.05, 0.1) is 12.5 Å². The molecule has 1 aliphatic heterocycles. The number of anilines is 1. The second kappa shape index (κ2) is 5.58. The van der Waals surface area contributed by atoms with Gasteiger partial charge in [-0.15, -0.1) is 0 Å². The number of nitrogens with one attached hydrogen (secondary N) is 1. The molecule has 1 heterocycles. The molecule has 0 unspecified atom stereocenters. The molecule has 20 heavy (non-hydrogen) atoms. The lowest BCUT2D eigenvalue weighted by atomic mass is 10.2. The lowest BCUT2D eigenvalue weighted by Gasteiger charge is -2.21. The molecule has 0 bridgehead atoms. The lowest BCUT2D eigenvalue weighted by Crippen LogP contribution is -2.27. The fraction of sp³-hybridized carbons (Fsp3) is 0.417. The summed E-state index contributed by atoms with van der Waals surface area (Å²) in [4.78, 5) is 11.2. The van der Waals surface area contributed by atoms with E-state index >= 15 is 0 Å². The smallest absolute Gasteiger partial charge is 0.391 e. The van der Waals surface area contributed by atoms with Crippen molar-refractivity contribution in [1.29, 1.82) is 0 Å². The van der Waals surface area contributed by atoms with Gasteiger partial charge in [-0.1, -0.05) is 6.07 Å². The summed E-state index contributed by atoms with van der Waals surface area (Å²) < 4.78 is 46.4. The molecule has 0 aliphatic carbocycles. The van der Waals surface area contributed by atoms with Crippen molar-refractivity contribution in [2.24, 2.45) is 0 Å². The van der Waals surface area contributed by atoms with E-state index in [1.54, 1.807) is 12.1 Å². The maximum absolute atomic E-state index is 12.1. The number of ether oxygens (including phenoxy) is 2. The van der Waals surface area contributed by atoms with Crippen LogP contribution in [0.3, 0.4) is 0 Å². The molecule has 2 N–H and O–H groups in total. The van der Waals surface area contributed by atoms with Gasteiger partial charge in [-0.25, -0.2) is 0 Å². The number of fused-ring (bicyclic) bond motifs is 1. The highest BCUT2D eigenvalue weighted by atomic mass is 19.4. The van der Waals surface area contributed by atoms with Crippen LogP contribution in [0.2, 0.25) is 0 Å². The van der Waals surface area contributed by atoms with E-state index in [-0.39, 0.29) is 24.0 Å². The molecule has 1 aromatic rings. The Morgan fingerprint density at radius 3 is 2.90 bits per heavy atom. The van der Waals surface area contributed by atoms with E-state index in [0.717, 1.165) is 0 Å². The van der Waals surface area contributed by atoms with Crippen LogP contribution in [0.15, 0.2) is 18.2 Å². The topological polar surface area (TPSA) is 67.8 Å². The summed E-state index contributed by atoms with van der Waals surface area (Å²) in [6, 6.07) is 4.63. The summed E-state index contributed by atoms with van der Waals surface area (Å²) in [7, 11) is 0. The maximum atomic E-state index is 12.1. The summed E-state index contributed by atoms with van der Waals surface area (Å²) in [5.41, 5.74) is 0.253. The minimum atomic E-state index is -4.46. The van der Waals surface area contributed by atoms with Gasteiger partial charge >= 0.3 is 6.18 Å². The molecule has 0 spiro atoms. The molecule has 5 nitrogen and oxygen atoms in total. The Balaban J connectivity index is 2.02. The van der Waals surface area contributed by atoms with Crippen LogP contribution in [0.4, 0.5) is 18.9 Å². The first kappa shape index (κ1) is 14.4. The normalized spacial score (nSPS) is 15.9. The van der Waals surface area contributed by atoms with E-state index in [2.05, 4.69) is 5.32 Å². The fourth-order valence-corrected chi connectivity index (χ4v) is 1.71. The molecule has 0 fully saturated rings. The molecular formula is C12H12F3NO4. The van der Waals surface area contributed by atoms with Crippen LogP contribution in [0, 0.1) is 0 Å². The number of alkyl halides is 3. The van der Waals surface area contributed by atoms with E-state index in [9.17, 15) is 23.1 Å². The zero-order valence-electron chi connectivity index (χ0n) is 10.2. The molecule has 1 atom stereocenters. The van der Waals surface area contributed by atoms with Crippen LogP contribution >= 0.6 is 0 Å². The number of aliphatic hydroxyl groups excluding tert-OH is 1. The largest absolute Gasteiger partial charge is 0.489 e. The van der Waals surface area contributed by atoms with E-state index in [1.807, 2.05) is 0 Å². The molecular weight excluding hydrogens is 279 g/mol. The molecule has 2 rings (SSSR count). The SMILES string of the molecule is O=C1COc2cccc(OC[C@@H](O)CC(F)(F)F)c2N1. The molecule has 0 radical (unpaired) electrons. The van der Waals surface area contributed by atoms with Crippen LogP contribution in [0.25, 0.3) is 0 Å². The molecule has 0 aromatic heterocycles. The highest BCUT2D eigenvalue weighted by Gasteiger charge is 2.31. The summed E-state index contributed by atoms with van der Waals surface area (Å²) >= 11 is 0. The van der Waals surface area contributed by atoms with Gasteiger partial charge in [0.1, 0.15) is 23.8 Å². The molecule has 110 valence electrons. The van der Waals surface area contributed by atoms with Crippen molar-refractivity contribution in [3.8, 4) is 11.5 Å². The number of hydrogen-bond acceptors (Lipinski definition) is 4. The number of halogens is 3. The molecule has 0 saturated carbocycles. The third kappa shape index (κ3) is 3.77. The van der Waals surface area contributed by atoms with Crippen molar-refractivity contribution >= 4 is 11.6 Å². The lowest BCUT2D eigenvalue weighted by molar-refractivity contribution is -0.156. The van der Waals surface area contributed by atoms with Crippen molar-refractivity contribution in [3.63, 3.8) is 0 Å². The van der Waals surface area contributed by atoms with Gasteiger partial charge < -0.3 is 19.9 Å². The predicted molar refractivity (Wildman–Crippen MR) is 62.7 cm³/mol. The fourth-order valence-electron chi connectivity index (χ4n) is 1.71. The number of rotatable bonds is 4. The third-order valence-electron chi connectivity index (χ3n) is 2.51. The van der Waals surface area contributed by atoms with Crippen LogP contribution < -0.4 is 14.8 Å². The van der Waals surface area contributed by atoms with Crippen molar-refractivity contribution in [1.82, 2.24) is 0 Å². The Hall–Kier alpha value is -1.96. The molecule has 1 amide bonds. The van der Waals surface area contributed by atoms with Crippen LogP contribution in [-0.2, 0) is 4.79 Å². The summed E-state index contributed by atoms with van der Waals surface area (Å²) in [5, 5.41) is 11.7. The number of carbonyl (C=O) groups is 1. The molecule has 0 saturated heterocycles. The van der Waals surface area contributed by atoms with Gasteiger partial charge in [0.25, 0.3) is 5.91 Å². The van der Waals surface area contributed by atoms with E-state index in [4.69, 9.17) is 9.47 Å². The minimum absolute atomic E-state index is 0.132. The first-order chi connectivity index (χ1) is 9.35. The number of amides is 1. The Labute approximate surface area is 112 Å². The Kier molecular flexibility index (Phi) is 4.03. The van der Waals surface area contributed by atoms with Gasteiger partial charge in [-0.05, 0) is 12.1 Å². The van der Waals surface area contributed by atoms with E-state index in [1.165, 1.54) is 6.07 Å². The number of benzene rings is 1. The molecule has 1 aliphatic rings. The van der Waals surface area contributed by atoms with Gasteiger partial charge in [0.2, 0.25) is 0 Å². The zero-order valence-corrected chi connectivity index (χ0v) is 10.2.